The Labute approximate surface area is 135 Å². The smallest absolute Gasteiger partial charge is 0.270 e. The third kappa shape index (κ3) is 3.85. The van der Waals surface area contributed by atoms with Gasteiger partial charge in [-0.1, -0.05) is 0 Å². The summed E-state index contributed by atoms with van der Waals surface area (Å²) in [7, 11) is 1.48. The van der Waals surface area contributed by atoms with Crippen molar-refractivity contribution >= 4 is 33.2 Å². The van der Waals surface area contributed by atoms with Gasteiger partial charge in [-0.05, 0) is 34.1 Å². The average molecular weight is 368 g/mol. The number of non-ortho nitro benzene ring substituents is 1. The first-order valence-electron chi connectivity index (χ1n) is 6.50. The van der Waals surface area contributed by atoms with Crippen molar-refractivity contribution in [1.82, 2.24) is 5.32 Å². The molecule has 1 amide bonds. The van der Waals surface area contributed by atoms with E-state index in [9.17, 15) is 14.9 Å². The fourth-order valence-electron chi connectivity index (χ4n) is 1.93. The number of furan rings is 1. The summed E-state index contributed by atoms with van der Waals surface area (Å²) in [6.07, 6.45) is 0.621. The van der Waals surface area contributed by atoms with Crippen LogP contribution in [0.15, 0.2) is 39.4 Å². The molecule has 1 aromatic carbocycles. The molecule has 0 aliphatic rings. The van der Waals surface area contributed by atoms with E-state index in [4.69, 9.17) is 4.42 Å². The summed E-state index contributed by atoms with van der Waals surface area (Å²) in [5.74, 6) is 0.412. The van der Waals surface area contributed by atoms with Crippen LogP contribution in [0.4, 0.5) is 11.4 Å². The number of hydrogen-bond donors (Lipinski definition) is 2. The van der Waals surface area contributed by atoms with Crippen LogP contribution in [0.2, 0.25) is 0 Å². The van der Waals surface area contributed by atoms with Gasteiger partial charge in [-0.3, -0.25) is 14.9 Å². The Morgan fingerprint density at radius 2 is 2.14 bits per heavy atom. The van der Waals surface area contributed by atoms with E-state index in [2.05, 4.69) is 26.6 Å². The lowest BCUT2D eigenvalue weighted by Gasteiger charge is -2.10. The number of rotatable bonds is 6. The van der Waals surface area contributed by atoms with Crippen molar-refractivity contribution in [1.29, 1.82) is 0 Å². The highest BCUT2D eigenvalue weighted by atomic mass is 79.9. The van der Waals surface area contributed by atoms with Crippen LogP contribution >= 0.6 is 15.9 Å². The zero-order chi connectivity index (χ0) is 16.1. The van der Waals surface area contributed by atoms with Gasteiger partial charge >= 0.3 is 0 Å². The van der Waals surface area contributed by atoms with Crippen molar-refractivity contribution in [3.8, 4) is 0 Å². The number of anilines is 1. The van der Waals surface area contributed by atoms with Gasteiger partial charge in [-0.25, -0.2) is 0 Å². The molecule has 22 heavy (non-hydrogen) atoms. The van der Waals surface area contributed by atoms with E-state index in [1.165, 1.54) is 25.2 Å². The number of carbonyl (C=O) groups is 1. The summed E-state index contributed by atoms with van der Waals surface area (Å²) in [5.41, 5.74) is 0.645. The maximum Gasteiger partial charge on any atom is 0.270 e. The predicted molar refractivity (Wildman–Crippen MR) is 85.1 cm³/mol. The Kier molecular flexibility index (Phi) is 5.16. The fraction of sp³-hybridized carbons (Fsp3) is 0.214. The third-order valence-corrected chi connectivity index (χ3v) is 3.43. The molecule has 0 spiro atoms. The van der Waals surface area contributed by atoms with Crippen molar-refractivity contribution in [2.24, 2.45) is 0 Å². The largest absolute Gasteiger partial charge is 0.454 e. The topological polar surface area (TPSA) is 97.4 Å². The molecule has 1 aromatic heterocycles. The minimum Gasteiger partial charge on any atom is -0.454 e. The maximum atomic E-state index is 11.8. The van der Waals surface area contributed by atoms with Gasteiger partial charge in [0.1, 0.15) is 5.76 Å². The lowest BCUT2D eigenvalue weighted by Crippen LogP contribution is -2.20. The van der Waals surface area contributed by atoms with Gasteiger partial charge in [0.2, 0.25) is 0 Å². The van der Waals surface area contributed by atoms with Crippen LogP contribution < -0.4 is 10.6 Å². The van der Waals surface area contributed by atoms with E-state index in [0.29, 0.717) is 23.3 Å². The van der Waals surface area contributed by atoms with Crippen molar-refractivity contribution in [3.05, 3.63) is 56.4 Å². The molecule has 116 valence electrons. The lowest BCUT2D eigenvalue weighted by atomic mass is 10.1. The summed E-state index contributed by atoms with van der Waals surface area (Å²) in [6, 6.07) is 7.79. The molecule has 0 saturated heterocycles. The molecule has 0 saturated carbocycles. The fourth-order valence-corrected chi connectivity index (χ4v) is 2.27. The number of halogens is 1. The summed E-state index contributed by atoms with van der Waals surface area (Å²) in [4.78, 5) is 22.1. The van der Waals surface area contributed by atoms with Gasteiger partial charge in [0.05, 0.1) is 10.5 Å². The van der Waals surface area contributed by atoms with Crippen LogP contribution in [0.3, 0.4) is 0 Å². The number of nitrogens with zero attached hydrogens (tertiary/aromatic N) is 1. The van der Waals surface area contributed by atoms with Crippen molar-refractivity contribution in [2.45, 2.75) is 6.42 Å². The number of nitrogens with one attached hydrogen (secondary N) is 2. The highest BCUT2D eigenvalue weighted by molar-refractivity contribution is 9.10. The first-order valence-corrected chi connectivity index (χ1v) is 7.29. The zero-order valence-corrected chi connectivity index (χ0v) is 13.3. The highest BCUT2D eigenvalue weighted by Crippen LogP contribution is 2.22. The summed E-state index contributed by atoms with van der Waals surface area (Å²) in [6.45, 7) is 0.530. The van der Waals surface area contributed by atoms with Crippen LogP contribution in [-0.2, 0) is 6.42 Å². The molecule has 8 heteroatoms. The summed E-state index contributed by atoms with van der Waals surface area (Å²) < 4.78 is 6.04. The second kappa shape index (κ2) is 7.08. The van der Waals surface area contributed by atoms with Gasteiger partial charge < -0.3 is 15.1 Å². The molecular formula is C14H14BrN3O4. The maximum absolute atomic E-state index is 11.8. The molecule has 2 aromatic rings. The van der Waals surface area contributed by atoms with Crippen LogP contribution in [0.5, 0.6) is 0 Å². The molecule has 0 fully saturated rings. The number of carbonyl (C=O) groups excluding carboxylic acids is 1. The van der Waals surface area contributed by atoms with Gasteiger partial charge in [0.25, 0.3) is 11.6 Å². The normalized spacial score (nSPS) is 10.3. The molecule has 0 radical (unpaired) electrons. The second-order valence-corrected chi connectivity index (χ2v) is 5.23. The van der Waals surface area contributed by atoms with Crippen molar-refractivity contribution in [3.63, 3.8) is 0 Å². The van der Waals surface area contributed by atoms with Crippen LogP contribution in [0, 0.1) is 10.1 Å². The van der Waals surface area contributed by atoms with Crippen molar-refractivity contribution < 1.29 is 14.1 Å². The van der Waals surface area contributed by atoms with E-state index in [-0.39, 0.29) is 17.2 Å². The molecular weight excluding hydrogens is 354 g/mol. The number of nitro groups is 1. The standard InChI is InChI=1S/C14H14BrN3O4/c1-16-14(19)11-8-9(18(20)21)2-4-12(11)17-7-6-10-3-5-13(15)22-10/h2-5,8,17H,6-7H2,1H3,(H,16,19). The summed E-state index contributed by atoms with van der Waals surface area (Å²) in [5, 5.41) is 16.4. The SMILES string of the molecule is CNC(=O)c1cc([N+](=O)[O-])ccc1NCCc1ccc(Br)o1. The number of nitro benzene ring substituents is 1. The average Bonchev–Trinajstić information content (AvgIpc) is 2.92. The van der Waals surface area contributed by atoms with E-state index < -0.39 is 4.92 Å². The highest BCUT2D eigenvalue weighted by Gasteiger charge is 2.15. The van der Waals surface area contributed by atoms with E-state index in [1.807, 2.05) is 6.07 Å². The zero-order valence-electron chi connectivity index (χ0n) is 11.8. The molecule has 0 aliphatic carbocycles. The van der Waals surface area contributed by atoms with Gasteiger partial charge in [-0.2, -0.15) is 0 Å². The molecule has 0 bridgehead atoms. The Morgan fingerprint density at radius 1 is 1.36 bits per heavy atom. The molecule has 1 heterocycles. The number of amides is 1. The Balaban J connectivity index is 2.11. The van der Waals surface area contributed by atoms with Crippen LogP contribution in [-0.4, -0.2) is 24.4 Å². The van der Waals surface area contributed by atoms with E-state index >= 15 is 0 Å². The first kappa shape index (κ1) is 16.0. The summed E-state index contributed by atoms with van der Waals surface area (Å²) >= 11 is 3.23. The predicted octanol–water partition coefficient (Wildman–Crippen LogP) is 2.96. The molecule has 0 atom stereocenters. The Bertz CT molecular complexity index is 699. The first-order chi connectivity index (χ1) is 10.5. The molecule has 0 aliphatic heterocycles. The second-order valence-electron chi connectivity index (χ2n) is 4.45. The molecule has 2 N–H and O–H groups in total. The number of benzene rings is 1. The van der Waals surface area contributed by atoms with Crippen LogP contribution in [0.1, 0.15) is 16.1 Å². The monoisotopic (exact) mass is 367 g/mol. The van der Waals surface area contributed by atoms with Gasteiger partial charge in [0, 0.05) is 37.8 Å². The molecule has 2 rings (SSSR count). The van der Waals surface area contributed by atoms with E-state index in [1.54, 1.807) is 6.07 Å². The minimum absolute atomic E-state index is 0.126. The van der Waals surface area contributed by atoms with Crippen molar-refractivity contribution in [2.75, 3.05) is 18.9 Å². The van der Waals surface area contributed by atoms with Gasteiger partial charge in [-0.15, -0.1) is 0 Å². The van der Waals surface area contributed by atoms with Gasteiger partial charge in [0.15, 0.2) is 4.67 Å². The quantitative estimate of drug-likeness (QED) is 0.604. The third-order valence-electron chi connectivity index (χ3n) is 3.00. The Hall–Kier alpha value is -2.35. The Morgan fingerprint density at radius 3 is 2.73 bits per heavy atom. The van der Waals surface area contributed by atoms with Crippen LogP contribution in [0.25, 0.3) is 0 Å². The minimum atomic E-state index is -0.531. The molecule has 0 unspecified atom stereocenters. The van der Waals surface area contributed by atoms with E-state index in [0.717, 1.165) is 5.76 Å². The number of hydrogen-bond acceptors (Lipinski definition) is 5. The molecule has 7 nitrogen and oxygen atoms in total. The lowest BCUT2D eigenvalue weighted by molar-refractivity contribution is -0.384.